The number of rotatable bonds is 4. The van der Waals surface area contributed by atoms with Crippen molar-refractivity contribution < 1.29 is 9.53 Å². The minimum atomic E-state index is -0.164. The lowest BCUT2D eigenvalue weighted by Crippen LogP contribution is -2.26. The minimum absolute atomic E-state index is 0.0918. The Hall–Kier alpha value is -1.09. The van der Waals surface area contributed by atoms with Crippen LogP contribution in [0.5, 0.6) is 0 Å². The van der Waals surface area contributed by atoms with Crippen LogP contribution in [0, 0.1) is 0 Å². The summed E-state index contributed by atoms with van der Waals surface area (Å²) in [7, 11) is 0. The molecule has 0 spiro atoms. The molecule has 14 heavy (non-hydrogen) atoms. The van der Waals surface area contributed by atoms with Gasteiger partial charge >= 0.3 is 5.97 Å². The van der Waals surface area contributed by atoms with Crippen molar-refractivity contribution in [2.45, 2.75) is 31.8 Å². The van der Waals surface area contributed by atoms with Crippen LogP contribution in [0.15, 0.2) is 23.8 Å². The molecule has 2 rings (SSSR count). The van der Waals surface area contributed by atoms with Gasteiger partial charge in [-0.3, -0.25) is 5.32 Å². The van der Waals surface area contributed by atoms with E-state index in [4.69, 9.17) is 4.74 Å². The predicted octanol–water partition coefficient (Wildman–Crippen LogP) is 1.17. The first-order chi connectivity index (χ1) is 6.81. The van der Waals surface area contributed by atoms with Crippen LogP contribution in [-0.2, 0) is 9.53 Å². The Kier molecular flexibility index (Phi) is 2.68. The molecule has 0 saturated heterocycles. The molecule has 2 heterocycles. The van der Waals surface area contributed by atoms with Gasteiger partial charge in [0.15, 0.2) is 0 Å². The van der Waals surface area contributed by atoms with Crippen LogP contribution in [-0.4, -0.2) is 24.7 Å². The van der Waals surface area contributed by atoms with Crippen molar-refractivity contribution in [2.75, 3.05) is 6.61 Å². The molecule has 76 valence electrons. The molecule has 3 nitrogen and oxygen atoms in total. The van der Waals surface area contributed by atoms with Gasteiger partial charge in [0.1, 0.15) is 0 Å². The van der Waals surface area contributed by atoms with Gasteiger partial charge in [0.05, 0.1) is 18.2 Å². The van der Waals surface area contributed by atoms with Gasteiger partial charge in [-0.15, -0.1) is 0 Å². The Morgan fingerprint density at radius 2 is 2.43 bits per heavy atom. The van der Waals surface area contributed by atoms with Crippen LogP contribution in [0.1, 0.15) is 19.8 Å². The average Bonchev–Trinajstić information content (AvgIpc) is 2.79. The number of hydrogen-bond acceptors (Lipinski definition) is 3. The molecule has 2 unspecified atom stereocenters. The quantitative estimate of drug-likeness (QED) is 0.414. The molecular weight excluding hydrogens is 178 g/mol. The smallest absolute Gasteiger partial charge is 0.335 e. The van der Waals surface area contributed by atoms with Crippen LogP contribution < -0.4 is 5.32 Å². The Bertz CT molecular complexity index is 294. The van der Waals surface area contributed by atoms with Crippen molar-refractivity contribution in [3.8, 4) is 0 Å². The Morgan fingerprint density at radius 1 is 1.57 bits per heavy atom. The fraction of sp³-hybridized carbons (Fsp3) is 0.545. The van der Waals surface area contributed by atoms with E-state index in [1.54, 1.807) is 0 Å². The summed E-state index contributed by atoms with van der Waals surface area (Å²) in [5.41, 5.74) is 0.772. The molecule has 3 heteroatoms. The number of carbonyl (C=O) groups is 1. The molecule has 0 aromatic carbocycles. The Balaban J connectivity index is 1.85. The second-order valence-electron chi connectivity index (χ2n) is 3.67. The predicted molar refractivity (Wildman–Crippen MR) is 53.8 cm³/mol. The molecule has 2 aliphatic heterocycles. The number of esters is 1. The third-order valence-electron chi connectivity index (χ3n) is 2.54. The first-order valence-corrected chi connectivity index (χ1v) is 5.14. The number of unbranched alkanes of at least 4 members (excludes halogenated alkanes) is 1. The first-order valence-electron chi connectivity index (χ1n) is 5.14. The lowest BCUT2D eigenvalue weighted by molar-refractivity contribution is -0.139. The fourth-order valence-electron chi connectivity index (χ4n) is 1.73. The maximum Gasteiger partial charge on any atom is 0.335 e. The molecule has 0 aromatic heterocycles. The van der Waals surface area contributed by atoms with Crippen LogP contribution in [0.25, 0.3) is 0 Å². The second-order valence-corrected chi connectivity index (χ2v) is 3.67. The van der Waals surface area contributed by atoms with Gasteiger partial charge in [-0.05, 0) is 6.42 Å². The van der Waals surface area contributed by atoms with E-state index in [9.17, 15) is 4.79 Å². The van der Waals surface area contributed by atoms with Crippen LogP contribution in [0.2, 0.25) is 0 Å². The lowest BCUT2D eigenvalue weighted by Gasteiger charge is -2.08. The van der Waals surface area contributed by atoms with E-state index >= 15 is 0 Å². The van der Waals surface area contributed by atoms with Gasteiger partial charge in [-0.2, -0.15) is 0 Å². The summed E-state index contributed by atoms with van der Waals surface area (Å²) in [5.74, 6) is -0.164. The Morgan fingerprint density at radius 3 is 3.00 bits per heavy atom. The summed E-state index contributed by atoms with van der Waals surface area (Å²) < 4.78 is 5.14. The summed E-state index contributed by atoms with van der Waals surface area (Å²) in [6, 6.07) is 0.336. The molecular formula is C11H15NO2. The summed E-state index contributed by atoms with van der Waals surface area (Å²) in [4.78, 5) is 11.5. The normalized spacial score (nSPS) is 27.9. The highest BCUT2D eigenvalue weighted by Gasteiger charge is 2.31. The van der Waals surface area contributed by atoms with E-state index in [1.165, 1.54) is 0 Å². The van der Waals surface area contributed by atoms with E-state index in [0.717, 1.165) is 18.4 Å². The van der Waals surface area contributed by atoms with Crippen LogP contribution >= 0.6 is 0 Å². The molecule has 2 atom stereocenters. The highest BCUT2D eigenvalue weighted by atomic mass is 16.5. The Labute approximate surface area is 83.8 Å². The maximum absolute atomic E-state index is 11.5. The van der Waals surface area contributed by atoms with E-state index in [0.29, 0.717) is 6.61 Å². The van der Waals surface area contributed by atoms with E-state index in [-0.39, 0.29) is 18.1 Å². The van der Waals surface area contributed by atoms with E-state index in [2.05, 4.69) is 18.3 Å². The highest BCUT2D eigenvalue weighted by molar-refractivity contribution is 5.91. The molecule has 0 aromatic rings. The van der Waals surface area contributed by atoms with Gasteiger partial charge < -0.3 is 4.74 Å². The number of fused-ring (bicyclic) bond motifs is 2. The summed E-state index contributed by atoms with van der Waals surface area (Å²) >= 11 is 0. The molecule has 0 radical (unpaired) electrons. The number of hydrogen-bond donors (Lipinski definition) is 1. The minimum Gasteiger partial charge on any atom is -0.462 e. The van der Waals surface area contributed by atoms with Crippen molar-refractivity contribution >= 4 is 5.97 Å². The van der Waals surface area contributed by atoms with Crippen molar-refractivity contribution in [3.63, 3.8) is 0 Å². The van der Waals surface area contributed by atoms with Crippen LogP contribution in [0.4, 0.5) is 0 Å². The van der Waals surface area contributed by atoms with Crippen molar-refractivity contribution in [1.82, 2.24) is 5.32 Å². The average molecular weight is 193 g/mol. The van der Waals surface area contributed by atoms with E-state index in [1.807, 2.05) is 12.2 Å². The monoisotopic (exact) mass is 193 g/mol. The lowest BCUT2D eigenvalue weighted by atomic mass is 10.1. The zero-order chi connectivity index (χ0) is 9.97. The molecule has 0 amide bonds. The fourth-order valence-corrected chi connectivity index (χ4v) is 1.73. The second kappa shape index (κ2) is 3.96. The van der Waals surface area contributed by atoms with Gasteiger partial charge in [-0.1, -0.05) is 31.6 Å². The largest absolute Gasteiger partial charge is 0.462 e. The zero-order valence-electron chi connectivity index (χ0n) is 8.32. The third-order valence-corrected chi connectivity index (χ3v) is 2.54. The summed E-state index contributed by atoms with van der Waals surface area (Å²) in [6.45, 7) is 2.61. The van der Waals surface area contributed by atoms with Crippen LogP contribution in [0.3, 0.4) is 0 Å². The van der Waals surface area contributed by atoms with Gasteiger partial charge in [0.2, 0.25) is 0 Å². The SMILES string of the molecule is CCCCOC(=O)C1=CC2C=CC1N2. The maximum atomic E-state index is 11.5. The highest BCUT2D eigenvalue weighted by Crippen LogP contribution is 2.22. The van der Waals surface area contributed by atoms with Crippen molar-refractivity contribution in [1.29, 1.82) is 0 Å². The molecule has 0 saturated carbocycles. The standard InChI is InChI=1S/C11H15NO2/c1-2-3-6-14-11(13)9-7-8-4-5-10(9)12-8/h4-5,7-8,10,12H,2-3,6H2,1H3. The number of carbonyl (C=O) groups excluding carboxylic acids is 1. The molecule has 2 aliphatic rings. The topological polar surface area (TPSA) is 38.3 Å². The molecule has 1 N–H and O–H groups in total. The van der Waals surface area contributed by atoms with Gasteiger partial charge in [-0.25, -0.2) is 4.79 Å². The number of nitrogens with one attached hydrogen (secondary N) is 1. The van der Waals surface area contributed by atoms with Crippen molar-refractivity contribution in [2.24, 2.45) is 0 Å². The van der Waals surface area contributed by atoms with Crippen molar-refractivity contribution in [3.05, 3.63) is 23.8 Å². The molecule has 0 aliphatic carbocycles. The summed E-state index contributed by atoms with van der Waals surface area (Å²) in [6.07, 6.45) is 8.01. The summed E-state index contributed by atoms with van der Waals surface area (Å²) in [5, 5.41) is 3.24. The van der Waals surface area contributed by atoms with Gasteiger partial charge in [0.25, 0.3) is 0 Å². The van der Waals surface area contributed by atoms with Gasteiger partial charge in [0, 0.05) is 6.04 Å². The molecule has 2 bridgehead atoms. The first kappa shape index (κ1) is 9.46. The molecule has 0 fully saturated rings. The number of ether oxygens (including phenoxy) is 1. The van der Waals surface area contributed by atoms with E-state index < -0.39 is 0 Å². The zero-order valence-corrected chi connectivity index (χ0v) is 8.32. The third kappa shape index (κ3) is 1.73.